The highest BCUT2D eigenvalue weighted by Gasteiger charge is 2.44. The molecule has 0 saturated heterocycles. The first kappa shape index (κ1) is 28.4. The Morgan fingerprint density at radius 1 is 0.952 bits per heavy atom. The zero-order chi connectivity index (χ0) is 30.0. The van der Waals surface area contributed by atoms with Gasteiger partial charge in [-0.1, -0.05) is 46.3 Å². The second-order valence-electron chi connectivity index (χ2n) is 9.18. The summed E-state index contributed by atoms with van der Waals surface area (Å²) in [5.41, 5.74) is 7.15. The summed E-state index contributed by atoms with van der Waals surface area (Å²) in [6.07, 6.45) is 0. The van der Waals surface area contributed by atoms with E-state index in [4.69, 9.17) is 24.7 Å². The molecule has 212 valence electrons. The van der Waals surface area contributed by atoms with Crippen molar-refractivity contribution in [3.63, 3.8) is 0 Å². The molecule has 2 aliphatic heterocycles. The molecular weight excluding hydrogens is 606 g/mol. The highest BCUT2D eigenvalue weighted by Crippen LogP contribution is 2.46. The second-order valence-corrected chi connectivity index (χ2v) is 10.1. The molecule has 3 aromatic rings. The topological polar surface area (TPSA) is 141 Å². The van der Waals surface area contributed by atoms with Gasteiger partial charge < -0.3 is 24.7 Å². The summed E-state index contributed by atoms with van der Waals surface area (Å²) in [4.78, 5) is 42.1. The van der Waals surface area contributed by atoms with Crippen LogP contribution in [0.4, 0.5) is 5.69 Å². The molecule has 42 heavy (non-hydrogen) atoms. The number of nitrogens with two attached hydrogens (primary N) is 1. The molecule has 0 bridgehead atoms. The lowest BCUT2D eigenvalue weighted by atomic mass is 9.80. The number of fused-ring (bicyclic) bond motifs is 1. The Hall–Kier alpha value is -5.08. The summed E-state index contributed by atoms with van der Waals surface area (Å²) in [6.45, 7) is 0.506. The van der Waals surface area contributed by atoms with Crippen molar-refractivity contribution in [2.24, 2.45) is 5.73 Å². The van der Waals surface area contributed by atoms with Gasteiger partial charge in [-0.25, -0.2) is 9.59 Å². The highest BCUT2D eigenvalue weighted by molar-refractivity contribution is 9.10. The maximum atomic E-state index is 14.0. The molecule has 11 heteroatoms. The van der Waals surface area contributed by atoms with Crippen molar-refractivity contribution in [1.82, 2.24) is 0 Å². The molecule has 0 fully saturated rings. The summed E-state index contributed by atoms with van der Waals surface area (Å²) in [6, 6.07) is 20.4. The molecule has 2 heterocycles. The number of hydrogen-bond acceptors (Lipinski definition) is 10. The maximum absolute atomic E-state index is 14.0. The van der Waals surface area contributed by atoms with Gasteiger partial charge in [0.05, 0.1) is 48.6 Å². The van der Waals surface area contributed by atoms with Crippen LogP contribution in [0.2, 0.25) is 0 Å². The number of ether oxygens (including phenoxy) is 4. The fraction of sp³-hybridized carbons (Fsp3) is 0.161. The second kappa shape index (κ2) is 11.8. The van der Waals surface area contributed by atoms with Crippen LogP contribution < -0.4 is 20.1 Å². The number of rotatable bonds is 6. The lowest BCUT2D eigenvalue weighted by molar-refractivity contribution is -0.139. The Morgan fingerprint density at radius 3 is 2.17 bits per heavy atom. The molecule has 3 aromatic carbocycles. The van der Waals surface area contributed by atoms with Crippen LogP contribution in [-0.2, 0) is 19.1 Å². The number of halogens is 1. The minimum absolute atomic E-state index is 0.0359. The van der Waals surface area contributed by atoms with Crippen molar-refractivity contribution in [3.8, 4) is 17.6 Å². The molecular formula is C31H24BrN3O7. The molecule has 5 rings (SSSR count). The van der Waals surface area contributed by atoms with Gasteiger partial charge in [0.15, 0.2) is 17.3 Å². The molecule has 2 aliphatic rings. The molecule has 2 N–H and O–H groups in total. The van der Waals surface area contributed by atoms with E-state index in [9.17, 15) is 19.6 Å². The Balaban J connectivity index is 1.85. The van der Waals surface area contributed by atoms with Gasteiger partial charge >= 0.3 is 11.9 Å². The van der Waals surface area contributed by atoms with Gasteiger partial charge in [0, 0.05) is 16.1 Å². The molecule has 10 nitrogen and oxygen atoms in total. The third-order valence-electron chi connectivity index (χ3n) is 6.86. The van der Waals surface area contributed by atoms with E-state index >= 15 is 0 Å². The van der Waals surface area contributed by atoms with Crippen LogP contribution in [-0.4, -0.2) is 45.2 Å². The van der Waals surface area contributed by atoms with Crippen molar-refractivity contribution in [2.75, 3.05) is 32.3 Å². The predicted molar refractivity (Wildman–Crippen MR) is 155 cm³/mol. The molecule has 0 amide bonds. The zero-order valence-electron chi connectivity index (χ0n) is 22.5. The molecule has 0 radical (unpaired) electrons. The van der Waals surface area contributed by atoms with Crippen molar-refractivity contribution in [1.29, 1.82) is 5.26 Å². The molecule has 0 spiro atoms. The molecule has 0 aliphatic carbocycles. The summed E-state index contributed by atoms with van der Waals surface area (Å²) in [5, 5.41) is 10.4. The number of benzene rings is 3. The van der Waals surface area contributed by atoms with E-state index in [1.807, 2.05) is 0 Å². The largest absolute Gasteiger partial charge is 0.486 e. The van der Waals surface area contributed by atoms with Gasteiger partial charge in [0.25, 0.3) is 0 Å². The third-order valence-corrected chi connectivity index (χ3v) is 7.39. The number of ketones is 1. The number of allylic oxidation sites excluding steroid dienone is 1. The number of nitrogens with zero attached hydrogens (tertiary/aromatic N) is 2. The van der Waals surface area contributed by atoms with Crippen LogP contribution in [0.25, 0.3) is 0 Å². The minimum atomic E-state index is -1.06. The highest BCUT2D eigenvalue weighted by atomic mass is 79.9. The van der Waals surface area contributed by atoms with Crippen LogP contribution in [0, 0.1) is 11.3 Å². The predicted octanol–water partition coefficient (Wildman–Crippen LogP) is 4.35. The monoisotopic (exact) mass is 629 g/mol. The van der Waals surface area contributed by atoms with Crippen molar-refractivity contribution in [3.05, 3.63) is 111 Å². The quantitative estimate of drug-likeness (QED) is 0.309. The SMILES string of the molecule is COC(=O)C1=C(C(=O)OC)N(c2cc3c(cc2C(=O)c2ccc(Br)cc2)OCCO3)C(N)=C(C#N)C1c1ccccc1. The number of methoxy groups -OCH3 is 2. The van der Waals surface area contributed by atoms with Crippen LogP contribution in [0.5, 0.6) is 11.5 Å². The summed E-state index contributed by atoms with van der Waals surface area (Å²) < 4.78 is 22.5. The van der Waals surface area contributed by atoms with Crippen LogP contribution in [0.1, 0.15) is 27.4 Å². The first-order chi connectivity index (χ1) is 20.3. The van der Waals surface area contributed by atoms with E-state index in [-0.39, 0.29) is 52.9 Å². The fourth-order valence-corrected chi connectivity index (χ4v) is 5.23. The van der Waals surface area contributed by atoms with Gasteiger partial charge in [0.1, 0.15) is 24.7 Å². The number of anilines is 1. The van der Waals surface area contributed by atoms with Gasteiger partial charge in [-0.2, -0.15) is 5.26 Å². The standard InChI is InChI=1S/C31H24BrN3O7/c1-39-30(37)26-25(17-6-4-3-5-7-17)21(16-33)29(34)35(27(26)31(38)40-2)22-15-24-23(41-12-13-42-24)14-20(22)28(36)18-8-10-19(32)11-9-18/h3-11,14-15,25H,12-13,34H2,1-2H3. The minimum Gasteiger partial charge on any atom is -0.486 e. The number of esters is 2. The number of hydrogen-bond donors (Lipinski definition) is 1. The van der Waals surface area contributed by atoms with E-state index in [2.05, 4.69) is 22.0 Å². The van der Waals surface area contributed by atoms with Gasteiger partial charge in [-0.05, 0) is 35.9 Å². The van der Waals surface area contributed by atoms with E-state index in [0.29, 0.717) is 16.9 Å². The molecule has 0 saturated carbocycles. The van der Waals surface area contributed by atoms with Gasteiger partial charge in [-0.15, -0.1) is 0 Å². The average molecular weight is 630 g/mol. The van der Waals surface area contributed by atoms with Gasteiger partial charge in [0.2, 0.25) is 0 Å². The maximum Gasteiger partial charge on any atom is 0.355 e. The molecule has 1 atom stereocenters. The summed E-state index contributed by atoms with van der Waals surface area (Å²) in [7, 11) is 2.31. The first-order valence-electron chi connectivity index (χ1n) is 12.7. The summed E-state index contributed by atoms with van der Waals surface area (Å²) >= 11 is 3.37. The smallest absolute Gasteiger partial charge is 0.355 e. The van der Waals surface area contributed by atoms with Crippen molar-refractivity contribution >= 4 is 39.3 Å². The summed E-state index contributed by atoms with van der Waals surface area (Å²) in [5.74, 6) is -2.90. The molecule has 1 unspecified atom stereocenters. The number of carbonyl (C=O) groups excluding carboxylic acids is 3. The zero-order valence-corrected chi connectivity index (χ0v) is 24.1. The Bertz CT molecular complexity index is 1690. The van der Waals surface area contributed by atoms with Crippen LogP contribution in [0.3, 0.4) is 0 Å². The van der Waals surface area contributed by atoms with Crippen LogP contribution in [0.15, 0.2) is 93.9 Å². The van der Waals surface area contributed by atoms with Crippen molar-refractivity contribution in [2.45, 2.75) is 5.92 Å². The lowest BCUT2D eigenvalue weighted by Crippen LogP contribution is -2.41. The Labute approximate surface area is 249 Å². The van der Waals surface area contributed by atoms with E-state index in [1.165, 1.54) is 17.0 Å². The lowest BCUT2D eigenvalue weighted by Gasteiger charge is -2.37. The first-order valence-corrected chi connectivity index (χ1v) is 13.5. The normalized spacial score (nSPS) is 16.0. The fourth-order valence-electron chi connectivity index (χ4n) is 4.97. The van der Waals surface area contributed by atoms with Crippen LogP contribution >= 0.6 is 15.9 Å². The molecule has 0 aromatic heterocycles. The van der Waals surface area contributed by atoms with E-state index in [1.54, 1.807) is 54.6 Å². The Morgan fingerprint density at radius 2 is 1.57 bits per heavy atom. The van der Waals surface area contributed by atoms with E-state index in [0.717, 1.165) is 18.7 Å². The number of carbonyl (C=O) groups is 3. The van der Waals surface area contributed by atoms with E-state index < -0.39 is 23.6 Å². The number of nitriles is 1. The average Bonchev–Trinajstić information content (AvgIpc) is 3.03. The van der Waals surface area contributed by atoms with Gasteiger partial charge in [-0.3, -0.25) is 9.69 Å². The Kier molecular flexibility index (Phi) is 7.99. The third kappa shape index (κ3) is 4.97. The van der Waals surface area contributed by atoms with Crippen molar-refractivity contribution < 1.29 is 33.3 Å².